The van der Waals surface area contributed by atoms with E-state index in [0.717, 1.165) is 32.5 Å². The molecule has 0 radical (unpaired) electrons. The van der Waals surface area contributed by atoms with E-state index < -0.39 is 18.1 Å². The molecule has 1 heterocycles. The molecule has 1 aromatic rings. The van der Waals surface area contributed by atoms with Crippen molar-refractivity contribution in [3.8, 4) is 11.5 Å². The monoisotopic (exact) mass is 737 g/mol. The van der Waals surface area contributed by atoms with Gasteiger partial charge in [0.15, 0.2) is 6.61 Å². The van der Waals surface area contributed by atoms with E-state index in [1.54, 1.807) is 25.3 Å². The van der Waals surface area contributed by atoms with Gasteiger partial charge in [-0.25, -0.2) is 0 Å². The van der Waals surface area contributed by atoms with Crippen molar-refractivity contribution in [2.75, 3.05) is 72.9 Å². The maximum absolute atomic E-state index is 13.3. The third kappa shape index (κ3) is 17.9. The summed E-state index contributed by atoms with van der Waals surface area (Å²) in [6, 6.07) is 4.18. The zero-order chi connectivity index (χ0) is 34.8. The second-order valence-electron chi connectivity index (χ2n) is 13.0. The number of carbonyl (C=O) groups is 3. The van der Waals surface area contributed by atoms with Crippen molar-refractivity contribution in [2.45, 2.75) is 65.5 Å². The standard InChI is InChI=1S/C34H59N5O8.2ClH/c1-23(2)25(18-29(35)30(40)20-28(24(3)4)34(43)37-10-11-39-12-16-45-17-13-39)21-38-33(42)27-9-8-26(47-22-32(36)41)19-31(27)46-15-7-6-14-44-5;;/h8-9,19,23-25,28-30,40H,6-7,10-18,20-22,35H2,1-5H3,(H2,36,41)(H,37,43)(H,38,42);2*1H. The highest BCUT2D eigenvalue weighted by molar-refractivity contribution is 5.97. The van der Waals surface area contributed by atoms with Gasteiger partial charge < -0.3 is 46.2 Å². The average molecular weight is 739 g/mol. The summed E-state index contributed by atoms with van der Waals surface area (Å²) in [5, 5.41) is 17.1. The van der Waals surface area contributed by atoms with E-state index in [-0.39, 0.29) is 73.3 Å². The van der Waals surface area contributed by atoms with Crippen LogP contribution in [0.3, 0.4) is 0 Å². The van der Waals surface area contributed by atoms with Crippen molar-refractivity contribution in [2.24, 2.45) is 35.1 Å². The van der Waals surface area contributed by atoms with Gasteiger partial charge in [-0.3, -0.25) is 19.3 Å². The van der Waals surface area contributed by atoms with Gasteiger partial charge in [-0.2, -0.15) is 0 Å². The molecule has 0 saturated carbocycles. The second-order valence-corrected chi connectivity index (χ2v) is 13.0. The predicted octanol–water partition coefficient (Wildman–Crippen LogP) is 2.39. The number of benzene rings is 1. The lowest BCUT2D eigenvalue weighted by molar-refractivity contribution is -0.127. The fourth-order valence-electron chi connectivity index (χ4n) is 5.41. The van der Waals surface area contributed by atoms with E-state index >= 15 is 0 Å². The van der Waals surface area contributed by atoms with Crippen molar-refractivity contribution < 1.29 is 38.4 Å². The summed E-state index contributed by atoms with van der Waals surface area (Å²) < 4.78 is 21.8. The molecule has 0 aromatic heterocycles. The number of unbranched alkanes of at least 4 members (excludes halogenated alkanes) is 1. The molecule has 1 saturated heterocycles. The van der Waals surface area contributed by atoms with Crippen molar-refractivity contribution in [1.82, 2.24) is 15.5 Å². The highest BCUT2D eigenvalue weighted by Crippen LogP contribution is 2.27. The quantitative estimate of drug-likeness (QED) is 0.104. The summed E-state index contributed by atoms with van der Waals surface area (Å²) in [5.74, 6) is -0.527. The molecule has 284 valence electrons. The fourth-order valence-corrected chi connectivity index (χ4v) is 5.41. The highest BCUT2D eigenvalue weighted by atomic mass is 35.5. The lowest BCUT2D eigenvalue weighted by Gasteiger charge is -2.30. The first-order chi connectivity index (χ1) is 22.4. The van der Waals surface area contributed by atoms with Gasteiger partial charge in [-0.05, 0) is 55.6 Å². The third-order valence-corrected chi connectivity index (χ3v) is 8.58. The molecule has 0 bridgehead atoms. The molecule has 1 aliphatic heterocycles. The number of amides is 3. The Morgan fingerprint density at radius 3 is 2.27 bits per heavy atom. The van der Waals surface area contributed by atoms with Gasteiger partial charge in [0.25, 0.3) is 11.8 Å². The van der Waals surface area contributed by atoms with Gasteiger partial charge in [0, 0.05) is 64.5 Å². The highest BCUT2D eigenvalue weighted by Gasteiger charge is 2.30. The number of rotatable bonds is 23. The van der Waals surface area contributed by atoms with Gasteiger partial charge >= 0.3 is 0 Å². The van der Waals surface area contributed by atoms with Crippen LogP contribution < -0.4 is 31.6 Å². The number of aliphatic hydroxyl groups is 1. The van der Waals surface area contributed by atoms with Crippen molar-refractivity contribution in [1.29, 1.82) is 0 Å². The van der Waals surface area contributed by atoms with Gasteiger partial charge in [0.2, 0.25) is 5.91 Å². The molecule has 49 heavy (non-hydrogen) atoms. The van der Waals surface area contributed by atoms with E-state index in [0.29, 0.717) is 63.0 Å². The number of methoxy groups -OCH3 is 1. The first kappa shape index (κ1) is 46.6. The number of hydrogen-bond acceptors (Lipinski definition) is 10. The Morgan fingerprint density at radius 1 is 0.980 bits per heavy atom. The first-order valence-electron chi connectivity index (χ1n) is 16.9. The summed E-state index contributed by atoms with van der Waals surface area (Å²) in [4.78, 5) is 39.8. The minimum absolute atomic E-state index is 0. The van der Waals surface area contributed by atoms with Crippen LogP contribution in [0.2, 0.25) is 0 Å². The Hall–Kier alpha value is -2.39. The minimum Gasteiger partial charge on any atom is -0.493 e. The summed E-state index contributed by atoms with van der Waals surface area (Å²) in [6.07, 6.45) is 1.37. The maximum Gasteiger partial charge on any atom is 0.255 e. The van der Waals surface area contributed by atoms with E-state index in [2.05, 4.69) is 15.5 Å². The molecule has 3 amide bonds. The molecule has 0 spiro atoms. The van der Waals surface area contributed by atoms with E-state index in [9.17, 15) is 19.5 Å². The van der Waals surface area contributed by atoms with Crippen molar-refractivity contribution in [3.63, 3.8) is 0 Å². The van der Waals surface area contributed by atoms with Crippen LogP contribution >= 0.6 is 24.8 Å². The topological polar surface area (TPSA) is 188 Å². The fraction of sp³-hybridized carbons (Fsp3) is 0.735. The molecule has 0 aliphatic carbocycles. The minimum atomic E-state index is -0.879. The van der Waals surface area contributed by atoms with Crippen LogP contribution in [0.15, 0.2) is 18.2 Å². The van der Waals surface area contributed by atoms with Gasteiger partial charge in [0.1, 0.15) is 11.5 Å². The summed E-state index contributed by atoms with van der Waals surface area (Å²) in [6.45, 7) is 13.5. The van der Waals surface area contributed by atoms with Crippen LogP contribution in [-0.2, 0) is 19.1 Å². The van der Waals surface area contributed by atoms with Crippen molar-refractivity contribution in [3.05, 3.63) is 23.8 Å². The normalized spacial score (nSPS) is 15.7. The number of nitrogens with zero attached hydrogens (tertiary/aromatic N) is 1. The number of nitrogens with two attached hydrogens (primary N) is 2. The summed E-state index contributed by atoms with van der Waals surface area (Å²) in [7, 11) is 1.64. The molecule has 15 heteroatoms. The number of ether oxygens (including phenoxy) is 4. The van der Waals surface area contributed by atoms with Crippen LogP contribution in [0.25, 0.3) is 0 Å². The summed E-state index contributed by atoms with van der Waals surface area (Å²) >= 11 is 0. The van der Waals surface area contributed by atoms with Crippen LogP contribution in [0.1, 0.15) is 63.7 Å². The molecule has 4 atom stereocenters. The molecule has 2 rings (SSSR count). The van der Waals surface area contributed by atoms with Crippen molar-refractivity contribution >= 4 is 42.5 Å². The number of morpholine rings is 1. The van der Waals surface area contributed by atoms with Crippen LogP contribution in [0, 0.1) is 23.7 Å². The molecule has 1 aliphatic rings. The Morgan fingerprint density at radius 2 is 1.65 bits per heavy atom. The SMILES string of the molecule is COCCCCOc1cc(OCC(N)=O)ccc1C(=O)NCC(CC(N)C(O)CC(C(=O)NCCN1CCOCC1)C(C)C)C(C)C.Cl.Cl. The Labute approximate surface area is 304 Å². The number of primary amides is 1. The van der Waals surface area contributed by atoms with Gasteiger partial charge in [-0.1, -0.05) is 27.7 Å². The van der Waals surface area contributed by atoms with E-state index in [1.807, 2.05) is 27.7 Å². The molecule has 4 unspecified atom stereocenters. The summed E-state index contributed by atoms with van der Waals surface area (Å²) in [5.41, 5.74) is 12.0. The number of carbonyl (C=O) groups excluding carboxylic acids is 3. The van der Waals surface area contributed by atoms with E-state index in [4.69, 9.17) is 30.4 Å². The molecular formula is C34H61Cl2N5O8. The number of aliphatic hydroxyl groups excluding tert-OH is 1. The zero-order valence-corrected chi connectivity index (χ0v) is 31.5. The maximum atomic E-state index is 13.3. The lowest BCUT2D eigenvalue weighted by atomic mass is 9.83. The molecule has 13 nitrogen and oxygen atoms in total. The smallest absolute Gasteiger partial charge is 0.255 e. The van der Waals surface area contributed by atoms with E-state index in [1.165, 1.54) is 0 Å². The van der Waals surface area contributed by atoms with Crippen LogP contribution in [-0.4, -0.2) is 113 Å². The molecule has 1 aromatic carbocycles. The van der Waals surface area contributed by atoms with Gasteiger partial charge in [-0.15, -0.1) is 24.8 Å². The van der Waals surface area contributed by atoms with Crippen LogP contribution in [0.4, 0.5) is 0 Å². The third-order valence-electron chi connectivity index (χ3n) is 8.58. The first-order valence-corrected chi connectivity index (χ1v) is 16.9. The number of nitrogens with one attached hydrogen (secondary N) is 2. The largest absolute Gasteiger partial charge is 0.493 e. The van der Waals surface area contributed by atoms with Gasteiger partial charge in [0.05, 0.1) is 31.5 Å². The second kappa shape index (κ2) is 25.5. The number of halogens is 2. The number of hydrogen-bond donors (Lipinski definition) is 5. The predicted molar refractivity (Wildman–Crippen MR) is 195 cm³/mol. The Kier molecular flexibility index (Phi) is 24.3. The Bertz CT molecular complexity index is 1090. The molecule has 7 N–H and O–H groups in total. The lowest BCUT2D eigenvalue weighted by Crippen LogP contribution is -2.45. The molecular weight excluding hydrogens is 677 g/mol. The zero-order valence-electron chi connectivity index (χ0n) is 29.8. The Balaban J connectivity index is 0.0000115. The molecule has 1 fully saturated rings. The van der Waals surface area contributed by atoms with Crippen LogP contribution in [0.5, 0.6) is 11.5 Å². The average Bonchev–Trinajstić information content (AvgIpc) is 3.04.